The zero-order chi connectivity index (χ0) is 11.3. The smallest absolute Gasteiger partial charge is 0.0948 e. The minimum absolute atomic E-state index is 0.295. The average molecular weight is 203 g/mol. The Labute approximate surface area is 91.2 Å². The molecule has 0 aliphatic carbocycles. The van der Waals surface area contributed by atoms with Crippen LogP contribution in [0.4, 0.5) is 0 Å². The van der Waals surface area contributed by atoms with Crippen LogP contribution in [0.5, 0.6) is 0 Å². The van der Waals surface area contributed by atoms with Gasteiger partial charge in [-0.25, -0.2) is 0 Å². The molecule has 0 heterocycles. The fraction of sp³-hybridized carbons (Fsp3) is 0.462. The lowest BCUT2D eigenvalue weighted by molar-refractivity contribution is 0.130. The minimum atomic E-state index is -0.658. The number of nitriles is 1. The van der Waals surface area contributed by atoms with Crippen molar-refractivity contribution in [1.29, 1.82) is 5.26 Å². The van der Waals surface area contributed by atoms with Crippen LogP contribution in [0.2, 0.25) is 0 Å². The second-order valence-corrected chi connectivity index (χ2v) is 3.88. The van der Waals surface area contributed by atoms with E-state index in [1.54, 1.807) is 0 Å². The molecule has 0 amide bonds. The van der Waals surface area contributed by atoms with Crippen LogP contribution >= 0.6 is 0 Å². The van der Waals surface area contributed by atoms with Gasteiger partial charge in [0.25, 0.3) is 0 Å². The first-order valence-corrected chi connectivity index (χ1v) is 5.33. The van der Waals surface area contributed by atoms with Crippen molar-refractivity contribution in [1.82, 2.24) is 0 Å². The topological polar surface area (TPSA) is 44.0 Å². The molecule has 0 spiro atoms. The Kier molecular flexibility index (Phi) is 4.33. The number of hydrogen-bond acceptors (Lipinski definition) is 2. The monoisotopic (exact) mass is 203 g/mol. The van der Waals surface area contributed by atoms with Gasteiger partial charge < -0.3 is 5.11 Å². The highest BCUT2D eigenvalue weighted by molar-refractivity contribution is 5.25. The van der Waals surface area contributed by atoms with Crippen molar-refractivity contribution in [2.24, 2.45) is 5.92 Å². The lowest BCUT2D eigenvalue weighted by Gasteiger charge is -2.16. The van der Waals surface area contributed by atoms with Gasteiger partial charge in [-0.15, -0.1) is 0 Å². The molecule has 15 heavy (non-hydrogen) atoms. The molecule has 1 rings (SSSR count). The Morgan fingerprint density at radius 1 is 1.47 bits per heavy atom. The quantitative estimate of drug-likeness (QED) is 0.817. The first-order valence-electron chi connectivity index (χ1n) is 5.33. The van der Waals surface area contributed by atoms with Gasteiger partial charge in [0, 0.05) is 0 Å². The summed E-state index contributed by atoms with van der Waals surface area (Å²) in [4.78, 5) is 0. The van der Waals surface area contributed by atoms with Gasteiger partial charge >= 0.3 is 0 Å². The number of aliphatic hydroxyl groups is 1. The van der Waals surface area contributed by atoms with Gasteiger partial charge in [0.2, 0.25) is 0 Å². The molecule has 0 aliphatic rings. The highest BCUT2D eigenvalue weighted by Gasteiger charge is 2.19. The van der Waals surface area contributed by atoms with Crippen molar-refractivity contribution in [3.8, 4) is 6.07 Å². The molecule has 0 radical (unpaired) electrons. The van der Waals surface area contributed by atoms with Crippen molar-refractivity contribution >= 4 is 0 Å². The van der Waals surface area contributed by atoms with Gasteiger partial charge in [0.15, 0.2) is 0 Å². The normalized spacial score (nSPS) is 14.3. The SMILES string of the molecule is CCCC(C#N)C(O)c1cccc(C)c1. The van der Waals surface area contributed by atoms with E-state index in [-0.39, 0.29) is 5.92 Å². The lowest BCUT2D eigenvalue weighted by atomic mass is 9.92. The molecule has 2 heteroatoms. The standard InChI is InChI=1S/C13H17NO/c1-3-5-12(9-14)13(15)11-7-4-6-10(2)8-11/h4,6-8,12-13,15H,3,5H2,1-2H3. The summed E-state index contributed by atoms with van der Waals surface area (Å²) in [5.41, 5.74) is 1.95. The summed E-state index contributed by atoms with van der Waals surface area (Å²) in [6, 6.07) is 9.87. The summed E-state index contributed by atoms with van der Waals surface area (Å²) in [6.45, 7) is 4.00. The molecule has 0 saturated carbocycles. The molecule has 2 unspecified atom stereocenters. The van der Waals surface area contributed by atoms with E-state index in [9.17, 15) is 5.11 Å². The maximum absolute atomic E-state index is 10.0. The third-order valence-corrected chi connectivity index (χ3v) is 2.53. The Hall–Kier alpha value is -1.33. The number of aryl methyl sites for hydroxylation is 1. The number of nitrogens with zero attached hydrogens (tertiary/aromatic N) is 1. The fourth-order valence-corrected chi connectivity index (χ4v) is 1.69. The Balaban J connectivity index is 2.83. The van der Waals surface area contributed by atoms with Gasteiger partial charge in [-0.05, 0) is 18.9 Å². The van der Waals surface area contributed by atoms with E-state index in [4.69, 9.17) is 5.26 Å². The number of benzene rings is 1. The maximum Gasteiger partial charge on any atom is 0.0948 e. The molecule has 80 valence electrons. The second-order valence-electron chi connectivity index (χ2n) is 3.88. The molecule has 2 nitrogen and oxygen atoms in total. The molecule has 1 N–H and O–H groups in total. The Morgan fingerprint density at radius 2 is 2.20 bits per heavy atom. The summed E-state index contributed by atoms with van der Waals surface area (Å²) in [5, 5.41) is 19.0. The summed E-state index contributed by atoms with van der Waals surface area (Å²) in [6.07, 6.45) is 1.00. The van der Waals surface area contributed by atoms with Crippen LogP contribution in [0.25, 0.3) is 0 Å². The molecule has 0 aromatic heterocycles. The van der Waals surface area contributed by atoms with Crippen molar-refractivity contribution in [3.63, 3.8) is 0 Å². The van der Waals surface area contributed by atoms with Crippen molar-refractivity contribution < 1.29 is 5.11 Å². The molecular weight excluding hydrogens is 186 g/mol. The molecule has 1 aromatic carbocycles. The Morgan fingerprint density at radius 3 is 2.73 bits per heavy atom. The van der Waals surface area contributed by atoms with Crippen LogP contribution in [0.15, 0.2) is 24.3 Å². The van der Waals surface area contributed by atoms with E-state index in [1.807, 2.05) is 38.1 Å². The zero-order valence-electron chi connectivity index (χ0n) is 9.27. The van der Waals surface area contributed by atoms with Gasteiger partial charge in [-0.2, -0.15) is 5.26 Å². The fourth-order valence-electron chi connectivity index (χ4n) is 1.69. The average Bonchev–Trinajstić information content (AvgIpc) is 2.25. The van der Waals surface area contributed by atoms with Gasteiger partial charge in [0.1, 0.15) is 0 Å². The third kappa shape index (κ3) is 3.07. The van der Waals surface area contributed by atoms with Crippen LogP contribution < -0.4 is 0 Å². The van der Waals surface area contributed by atoms with Crippen LogP contribution in [-0.4, -0.2) is 5.11 Å². The number of aliphatic hydroxyl groups excluding tert-OH is 1. The van der Waals surface area contributed by atoms with Crippen LogP contribution in [-0.2, 0) is 0 Å². The summed E-state index contributed by atoms with van der Waals surface area (Å²) in [5.74, 6) is -0.295. The first kappa shape index (κ1) is 11.7. The minimum Gasteiger partial charge on any atom is -0.387 e. The molecule has 1 aromatic rings. The van der Waals surface area contributed by atoms with Crippen LogP contribution in [0.1, 0.15) is 37.0 Å². The molecule has 0 saturated heterocycles. The van der Waals surface area contributed by atoms with E-state index in [0.29, 0.717) is 0 Å². The predicted molar refractivity (Wildman–Crippen MR) is 60.1 cm³/mol. The number of rotatable bonds is 4. The van der Waals surface area contributed by atoms with Crippen molar-refractivity contribution in [3.05, 3.63) is 35.4 Å². The third-order valence-electron chi connectivity index (χ3n) is 2.53. The van der Waals surface area contributed by atoms with Gasteiger partial charge in [0.05, 0.1) is 18.1 Å². The molecule has 0 aliphatic heterocycles. The second kappa shape index (κ2) is 5.53. The Bertz CT molecular complexity index is 354. The van der Waals surface area contributed by atoms with E-state index in [0.717, 1.165) is 24.0 Å². The molecule has 0 bridgehead atoms. The zero-order valence-corrected chi connectivity index (χ0v) is 9.27. The van der Waals surface area contributed by atoms with E-state index < -0.39 is 6.10 Å². The number of hydrogen-bond donors (Lipinski definition) is 1. The summed E-state index contributed by atoms with van der Waals surface area (Å²) in [7, 11) is 0. The predicted octanol–water partition coefficient (Wildman–Crippen LogP) is 2.97. The first-order chi connectivity index (χ1) is 7.19. The summed E-state index contributed by atoms with van der Waals surface area (Å²) >= 11 is 0. The molecule has 0 fully saturated rings. The van der Waals surface area contributed by atoms with Gasteiger partial charge in [-0.1, -0.05) is 43.2 Å². The van der Waals surface area contributed by atoms with E-state index >= 15 is 0 Å². The highest BCUT2D eigenvalue weighted by Crippen LogP contribution is 2.25. The van der Waals surface area contributed by atoms with Crippen molar-refractivity contribution in [2.45, 2.75) is 32.8 Å². The van der Waals surface area contributed by atoms with Gasteiger partial charge in [-0.3, -0.25) is 0 Å². The van der Waals surface area contributed by atoms with E-state index in [2.05, 4.69) is 6.07 Å². The van der Waals surface area contributed by atoms with Crippen molar-refractivity contribution in [2.75, 3.05) is 0 Å². The van der Waals surface area contributed by atoms with Crippen LogP contribution in [0, 0.1) is 24.2 Å². The molecular formula is C13H17NO. The molecule has 2 atom stereocenters. The largest absolute Gasteiger partial charge is 0.387 e. The maximum atomic E-state index is 10.0. The summed E-state index contributed by atoms with van der Waals surface area (Å²) < 4.78 is 0. The lowest BCUT2D eigenvalue weighted by Crippen LogP contribution is -2.10. The van der Waals surface area contributed by atoms with E-state index in [1.165, 1.54) is 0 Å². The highest BCUT2D eigenvalue weighted by atomic mass is 16.3. The van der Waals surface area contributed by atoms with Crippen LogP contribution in [0.3, 0.4) is 0 Å².